The molecule has 3 rings (SSSR count). The predicted octanol–water partition coefficient (Wildman–Crippen LogP) is 3.60. The number of anilines is 2. The molecule has 0 bridgehead atoms. The summed E-state index contributed by atoms with van der Waals surface area (Å²) in [5, 5.41) is 11.8. The number of pyridine rings is 1. The number of aryl methyl sites for hydroxylation is 1. The lowest BCUT2D eigenvalue weighted by molar-refractivity contribution is -0.137. The molecular formula is C19H19ClF3N5O2. The third-order valence-corrected chi connectivity index (χ3v) is 5.22. The molecule has 0 aromatic carbocycles. The second-order valence-corrected chi connectivity index (χ2v) is 7.34. The lowest BCUT2D eigenvalue weighted by atomic mass is 10.2. The SMILES string of the molecule is Cc1oc(NC(=O)CN2CCN(c3ncc(C(F)(F)F)cc3Cl)CC2)c(C#N)c1C. The lowest BCUT2D eigenvalue weighted by Gasteiger charge is -2.35. The number of hydrogen-bond acceptors (Lipinski definition) is 6. The molecule has 160 valence electrons. The molecule has 1 amide bonds. The van der Waals surface area contributed by atoms with Gasteiger partial charge in [-0.15, -0.1) is 0 Å². The van der Waals surface area contributed by atoms with E-state index in [-0.39, 0.29) is 29.2 Å². The van der Waals surface area contributed by atoms with Gasteiger partial charge in [-0.3, -0.25) is 15.0 Å². The minimum Gasteiger partial charge on any atom is -0.444 e. The van der Waals surface area contributed by atoms with Crippen LogP contribution in [0.2, 0.25) is 5.02 Å². The van der Waals surface area contributed by atoms with Gasteiger partial charge >= 0.3 is 6.18 Å². The van der Waals surface area contributed by atoms with Crippen LogP contribution in [0.4, 0.5) is 24.9 Å². The van der Waals surface area contributed by atoms with E-state index in [0.29, 0.717) is 43.1 Å². The highest BCUT2D eigenvalue weighted by Gasteiger charge is 2.32. The van der Waals surface area contributed by atoms with Crippen molar-refractivity contribution in [1.29, 1.82) is 5.26 Å². The molecule has 0 radical (unpaired) electrons. The minimum absolute atomic E-state index is 0.0661. The van der Waals surface area contributed by atoms with Crippen molar-refractivity contribution in [1.82, 2.24) is 9.88 Å². The molecule has 0 aliphatic carbocycles. The Balaban J connectivity index is 1.57. The largest absolute Gasteiger partial charge is 0.444 e. The molecule has 0 saturated carbocycles. The van der Waals surface area contributed by atoms with E-state index in [0.717, 1.165) is 12.3 Å². The zero-order chi connectivity index (χ0) is 22.1. The van der Waals surface area contributed by atoms with Gasteiger partial charge in [0.25, 0.3) is 0 Å². The summed E-state index contributed by atoms with van der Waals surface area (Å²) in [6.45, 7) is 5.44. The summed E-state index contributed by atoms with van der Waals surface area (Å²) in [5.41, 5.74) is 0.0859. The topological polar surface area (TPSA) is 85.4 Å². The number of amides is 1. The number of nitrogens with zero attached hydrogens (tertiary/aromatic N) is 4. The Morgan fingerprint density at radius 3 is 2.57 bits per heavy atom. The van der Waals surface area contributed by atoms with Crippen LogP contribution < -0.4 is 10.2 Å². The molecule has 1 saturated heterocycles. The highest BCUT2D eigenvalue weighted by Crippen LogP contribution is 2.33. The summed E-state index contributed by atoms with van der Waals surface area (Å²) in [5.74, 6) is 0.668. The molecular weight excluding hydrogens is 423 g/mol. The molecule has 2 aromatic rings. The molecule has 7 nitrogen and oxygen atoms in total. The van der Waals surface area contributed by atoms with Crippen molar-refractivity contribution >= 4 is 29.2 Å². The number of hydrogen-bond donors (Lipinski definition) is 1. The van der Waals surface area contributed by atoms with E-state index in [1.54, 1.807) is 18.7 Å². The average Bonchev–Trinajstić information content (AvgIpc) is 2.94. The smallest absolute Gasteiger partial charge is 0.417 e. The molecule has 2 aromatic heterocycles. The fourth-order valence-electron chi connectivity index (χ4n) is 3.16. The number of nitrogens with one attached hydrogen (secondary N) is 1. The van der Waals surface area contributed by atoms with E-state index in [4.69, 9.17) is 16.0 Å². The number of alkyl halides is 3. The summed E-state index contributed by atoms with van der Waals surface area (Å²) < 4.78 is 43.7. The quantitative estimate of drug-likeness (QED) is 0.780. The summed E-state index contributed by atoms with van der Waals surface area (Å²) in [6.07, 6.45) is -3.74. The van der Waals surface area contributed by atoms with Crippen LogP contribution in [0.3, 0.4) is 0 Å². The second kappa shape index (κ2) is 8.53. The predicted molar refractivity (Wildman–Crippen MR) is 104 cm³/mol. The fourth-order valence-corrected chi connectivity index (χ4v) is 3.44. The number of piperazine rings is 1. The molecule has 1 aliphatic heterocycles. The van der Waals surface area contributed by atoms with Crippen LogP contribution >= 0.6 is 11.6 Å². The maximum absolute atomic E-state index is 12.8. The summed E-state index contributed by atoms with van der Waals surface area (Å²) in [4.78, 5) is 19.9. The van der Waals surface area contributed by atoms with Gasteiger partial charge < -0.3 is 9.32 Å². The summed E-state index contributed by atoms with van der Waals surface area (Å²) >= 11 is 6.00. The van der Waals surface area contributed by atoms with Crippen molar-refractivity contribution in [2.24, 2.45) is 0 Å². The Labute approximate surface area is 176 Å². The average molecular weight is 442 g/mol. The van der Waals surface area contributed by atoms with Crippen LogP contribution in [0.25, 0.3) is 0 Å². The Kier molecular flexibility index (Phi) is 6.24. The number of furan rings is 1. The van der Waals surface area contributed by atoms with Gasteiger partial charge in [-0.2, -0.15) is 18.4 Å². The lowest BCUT2D eigenvalue weighted by Crippen LogP contribution is -2.49. The van der Waals surface area contributed by atoms with Crippen molar-refractivity contribution in [2.45, 2.75) is 20.0 Å². The molecule has 11 heteroatoms. The Morgan fingerprint density at radius 2 is 2.00 bits per heavy atom. The first kappa shape index (κ1) is 21.9. The Bertz CT molecular complexity index is 991. The highest BCUT2D eigenvalue weighted by atomic mass is 35.5. The van der Waals surface area contributed by atoms with Gasteiger partial charge in [0.05, 0.1) is 17.1 Å². The van der Waals surface area contributed by atoms with Gasteiger partial charge in [0.2, 0.25) is 11.8 Å². The standard InChI is InChI=1S/C19H19ClF3N5O2/c1-11-12(2)30-18(14(11)8-24)26-16(29)10-27-3-5-28(6-4-27)17-15(20)7-13(9-25-17)19(21,22)23/h7,9H,3-6,10H2,1-2H3,(H,26,29). The van der Waals surface area contributed by atoms with E-state index >= 15 is 0 Å². The van der Waals surface area contributed by atoms with Crippen molar-refractivity contribution in [3.63, 3.8) is 0 Å². The number of carbonyl (C=O) groups excluding carboxylic acids is 1. The first-order valence-electron chi connectivity index (χ1n) is 9.10. The zero-order valence-corrected chi connectivity index (χ0v) is 17.1. The van der Waals surface area contributed by atoms with Gasteiger partial charge in [-0.05, 0) is 19.9 Å². The fraction of sp³-hybridized carbons (Fsp3) is 0.421. The number of nitriles is 1. The van der Waals surface area contributed by atoms with Crippen LogP contribution in [0, 0.1) is 25.2 Å². The first-order valence-corrected chi connectivity index (χ1v) is 9.48. The molecule has 30 heavy (non-hydrogen) atoms. The van der Waals surface area contributed by atoms with E-state index in [9.17, 15) is 23.2 Å². The Morgan fingerprint density at radius 1 is 1.33 bits per heavy atom. The zero-order valence-electron chi connectivity index (χ0n) is 16.3. The molecule has 1 N–H and O–H groups in total. The number of rotatable bonds is 4. The van der Waals surface area contributed by atoms with Crippen LogP contribution in [0.5, 0.6) is 0 Å². The van der Waals surface area contributed by atoms with Crippen molar-refractivity contribution in [3.05, 3.63) is 39.7 Å². The van der Waals surface area contributed by atoms with Crippen LogP contribution in [0.1, 0.15) is 22.5 Å². The molecule has 0 spiro atoms. The monoisotopic (exact) mass is 441 g/mol. The number of carbonyl (C=O) groups is 1. The van der Waals surface area contributed by atoms with Gasteiger partial charge in [0, 0.05) is 37.9 Å². The van der Waals surface area contributed by atoms with E-state index in [2.05, 4.69) is 10.3 Å². The van der Waals surface area contributed by atoms with Crippen molar-refractivity contribution in [2.75, 3.05) is 42.9 Å². The summed E-state index contributed by atoms with van der Waals surface area (Å²) in [6, 6.07) is 2.88. The minimum atomic E-state index is -4.50. The third-order valence-electron chi connectivity index (χ3n) is 4.94. The van der Waals surface area contributed by atoms with E-state index in [1.807, 2.05) is 11.0 Å². The molecule has 3 heterocycles. The van der Waals surface area contributed by atoms with E-state index in [1.165, 1.54) is 0 Å². The second-order valence-electron chi connectivity index (χ2n) is 6.94. The van der Waals surface area contributed by atoms with E-state index < -0.39 is 11.7 Å². The van der Waals surface area contributed by atoms with Crippen LogP contribution in [0.15, 0.2) is 16.7 Å². The highest BCUT2D eigenvalue weighted by molar-refractivity contribution is 6.33. The molecule has 0 unspecified atom stereocenters. The van der Waals surface area contributed by atoms with Gasteiger partial charge in [-0.25, -0.2) is 4.98 Å². The first-order chi connectivity index (χ1) is 14.1. The van der Waals surface area contributed by atoms with Gasteiger partial charge in [0.15, 0.2) is 0 Å². The normalized spacial score (nSPS) is 15.2. The van der Waals surface area contributed by atoms with Crippen molar-refractivity contribution < 1.29 is 22.4 Å². The van der Waals surface area contributed by atoms with Crippen LogP contribution in [-0.4, -0.2) is 48.5 Å². The maximum Gasteiger partial charge on any atom is 0.417 e. The third kappa shape index (κ3) is 4.68. The Hall–Kier alpha value is -2.77. The van der Waals surface area contributed by atoms with Gasteiger partial charge in [0.1, 0.15) is 23.2 Å². The maximum atomic E-state index is 12.8. The molecule has 0 atom stereocenters. The number of aromatic nitrogens is 1. The molecule has 1 aliphatic rings. The summed E-state index contributed by atoms with van der Waals surface area (Å²) in [7, 11) is 0. The molecule has 1 fully saturated rings. The van der Waals surface area contributed by atoms with Gasteiger partial charge in [-0.1, -0.05) is 11.6 Å². The van der Waals surface area contributed by atoms with Crippen molar-refractivity contribution in [3.8, 4) is 6.07 Å². The van der Waals surface area contributed by atoms with Crippen LogP contribution in [-0.2, 0) is 11.0 Å². The number of halogens is 4.